The van der Waals surface area contributed by atoms with E-state index in [1.807, 2.05) is 54.6 Å². The summed E-state index contributed by atoms with van der Waals surface area (Å²) in [6.45, 7) is 4.90. The molecule has 1 aliphatic rings. The minimum absolute atomic E-state index is 0.0325. The highest BCUT2D eigenvalue weighted by Gasteiger charge is 2.30. The van der Waals surface area contributed by atoms with Gasteiger partial charge in [0.2, 0.25) is 0 Å². The Kier molecular flexibility index (Phi) is 8.10. The summed E-state index contributed by atoms with van der Waals surface area (Å²) in [4.78, 5) is 36.0. The fraction of sp³-hybridized carbons (Fsp3) is 0.385. The van der Waals surface area contributed by atoms with Crippen molar-refractivity contribution in [2.75, 3.05) is 13.2 Å². The molecule has 0 aliphatic heterocycles. The summed E-state index contributed by atoms with van der Waals surface area (Å²) < 4.78 is 10.6. The summed E-state index contributed by atoms with van der Waals surface area (Å²) in [6, 6.07) is 15.2. The van der Waals surface area contributed by atoms with Gasteiger partial charge >= 0.3 is 18.0 Å². The predicted octanol–water partition coefficient (Wildman–Crippen LogP) is 3.19. The molecule has 0 heterocycles. The van der Waals surface area contributed by atoms with Crippen molar-refractivity contribution in [1.82, 2.24) is 10.6 Å². The SMILES string of the molecule is CC(C)(C)OC(=O)CNC(C#N)C[C@H](NC(=O)OCC1c2ccccc2-c2ccccc21)C(=O)O. The molecule has 3 rings (SSSR count). The maximum absolute atomic E-state index is 12.5. The van der Waals surface area contributed by atoms with Crippen molar-refractivity contribution in [2.45, 2.75) is 50.8 Å². The third-order valence-corrected chi connectivity index (χ3v) is 5.47. The number of carbonyl (C=O) groups is 3. The number of nitrogens with one attached hydrogen (secondary N) is 2. The molecular formula is C26H29N3O6. The highest BCUT2D eigenvalue weighted by Crippen LogP contribution is 2.44. The molecule has 184 valence electrons. The molecule has 2 aromatic rings. The van der Waals surface area contributed by atoms with Crippen LogP contribution in [0.5, 0.6) is 0 Å². The van der Waals surface area contributed by atoms with E-state index < -0.39 is 35.7 Å². The van der Waals surface area contributed by atoms with E-state index >= 15 is 0 Å². The Bertz CT molecular complexity index is 1090. The van der Waals surface area contributed by atoms with Gasteiger partial charge in [-0.3, -0.25) is 10.1 Å². The van der Waals surface area contributed by atoms with Crippen LogP contribution in [0.1, 0.15) is 44.2 Å². The van der Waals surface area contributed by atoms with Gasteiger partial charge in [0, 0.05) is 12.3 Å². The summed E-state index contributed by atoms with van der Waals surface area (Å²) in [5, 5.41) is 23.9. The third kappa shape index (κ3) is 6.80. The normalized spacial score (nSPS) is 14.1. The lowest BCUT2D eigenvalue weighted by molar-refractivity contribution is -0.153. The molecule has 3 N–H and O–H groups in total. The number of rotatable bonds is 9. The van der Waals surface area contributed by atoms with Gasteiger partial charge in [-0.15, -0.1) is 0 Å². The second-order valence-electron chi connectivity index (χ2n) is 9.25. The van der Waals surface area contributed by atoms with Crippen LogP contribution in [-0.4, -0.2) is 54.0 Å². The van der Waals surface area contributed by atoms with Crippen LogP contribution in [-0.2, 0) is 19.1 Å². The number of nitrogens with zero attached hydrogens (tertiary/aromatic N) is 1. The molecule has 0 spiro atoms. The maximum atomic E-state index is 12.5. The average molecular weight is 480 g/mol. The Hall–Kier alpha value is -3.90. The number of hydrogen-bond donors (Lipinski definition) is 3. The van der Waals surface area contributed by atoms with Crippen LogP contribution in [0.15, 0.2) is 48.5 Å². The Balaban J connectivity index is 1.57. The Morgan fingerprint density at radius 1 is 1.06 bits per heavy atom. The summed E-state index contributed by atoms with van der Waals surface area (Å²) in [5.74, 6) is -2.06. The largest absolute Gasteiger partial charge is 0.480 e. The van der Waals surface area contributed by atoms with Crippen molar-refractivity contribution in [2.24, 2.45) is 0 Å². The second-order valence-corrected chi connectivity index (χ2v) is 9.25. The lowest BCUT2D eigenvalue weighted by atomic mass is 9.98. The van der Waals surface area contributed by atoms with Gasteiger partial charge in [0.15, 0.2) is 0 Å². The van der Waals surface area contributed by atoms with Crippen LogP contribution in [0.4, 0.5) is 4.79 Å². The van der Waals surface area contributed by atoms with Gasteiger partial charge in [-0.1, -0.05) is 48.5 Å². The molecule has 0 saturated heterocycles. The molecule has 2 atom stereocenters. The first-order chi connectivity index (χ1) is 16.6. The molecule has 1 unspecified atom stereocenters. The lowest BCUT2D eigenvalue weighted by Crippen LogP contribution is -2.46. The number of carboxylic acids is 1. The molecule has 0 radical (unpaired) electrons. The average Bonchev–Trinajstić information content (AvgIpc) is 3.12. The molecule has 35 heavy (non-hydrogen) atoms. The number of amides is 1. The number of esters is 1. The van der Waals surface area contributed by atoms with E-state index in [1.54, 1.807) is 20.8 Å². The van der Waals surface area contributed by atoms with Crippen LogP contribution in [0, 0.1) is 11.3 Å². The first kappa shape index (κ1) is 25.7. The number of carbonyl (C=O) groups excluding carboxylic acids is 2. The Morgan fingerprint density at radius 3 is 2.14 bits per heavy atom. The molecule has 9 heteroatoms. The van der Waals surface area contributed by atoms with E-state index in [1.165, 1.54) is 0 Å². The molecule has 0 fully saturated rings. The quantitative estimate of drug-likeness (QED) is 0.466. The van der Waals surface area contributed by atoms with Crippen molar-refractivity contribution in [1.29, 1.82) is 5.26 Å². The molecule has 9 nitrogen and oxygen atoms in total. The van der Waals surface area contributed by atoms with Crippen molar-refractivity contribution < 1.29 is 29.0 Å². The van der Waals surface area contributed by atoms with Crippen LogP contribution in [0.2, 0.25) is 0 Å². The summed E-state index contributed by atoms with van der Waals surface area (Å²) in [7, 11) is 0. The van der Waals surface area contributed by atoms with Gasteiger partial charge in [-0.2, -0.15) is 5.26 Å². The van der Waals surface area contributed by atoms with Crippen molar-refractivity contribution in [3.63, 3.8) is 0 Å². The number of alkyl carbamates (subject to hydrolysis) is 1. The van der Waals surface area contributed by atoms with Gasteiger partial charge < -0.3 is 19.9 Å². The summed E-state index contributed by atoms with van der Waals surface area (Å²) in [6.07, 6.45) is -1.16. The number of fused-ring (bicyclic) bond motifs is 3. The first-order valence-corrected chi connectivity index (χ1v) is 11.3. The number of aliphatic carboxylic acids is 1. The van der Waals surface area contributed by atoms with Crippen LogP contribution in [0.3, 0.4) is 0 Å². The van der Waals surface area contributed by atoms with E-state index in [0.717, 1.165) is 22.3 Å². The minimum atomic E-state index is -1.39. The van der Waals surface area contributed by atoms with Gasteiger partial charge in [0.25, 0.3) is 0 Å². The smallest absolute Gasteiger partial charge is 0.407 e. The number of ether oxygens (including phenoxy) is 2. The monoisotopic (exact) mass is 479 g/mol. The first-order valence-electron chi connectivity index (χ1n) is 11.3. The van der Waals surface area contributed by atoms with E-state index in [0.29, 0.717) is 0 Å². The second kappa shape index (κ2) is 11.0. The van der Waals surface area contributed by atoms with Gasteiger partial charge in [0.05, 0.1) is 18.7 Å². The van der Waals surface area contributed by atoms with Crippen molar-refractivity contribution in [3.05, 3.63) is 59.7 Å². The molecule has 0 saturated carbocycles. The van der Waals surface area contributed by atoms with Crippen molar-refractivity contribution >= 4 is 18.0 Å². The molecule has 2 aromatic carbocycles. The lowest BCUT2D eigenvalue weighted by Gasteiger charge is -2.21. The highest BCUT2D eigenvalue weighted by molar-refractivity contribution is 5.81. The fourth-order valence-electron chi connectivity index (χ4n) is 4.01. The standard InChI is InChI=1S/C26H29N3O6/c1-26(2,3)35-23(30)14-28-16(13-27)12-22(24(31)32)29-25(33)34-15-21-19-10-6-4-8-17(19)18-9-5-7-11-20(18)21/h4-11,16,21-22,28H,12,14-15H2,1-3H3,(H,29,33)(H,31,32)/t16?,22-/m0/s1. The van der Waals surface area contributed by atoms with Crippen LogP contribution < -0.4 is 10.6 Å². The summed E-state index contributed by atoms with van der Waals surface area (Å²) >= 11 is 0. The van der Waals surface area contributed by atoms with E-state index in [2.05, 4.69) is 10.6 Å². The van der Waals surface area contributed by atoms with E-state index in [-0.39, 0.29) is 25.5 Å². The van der Waals surface area contributed by atoms with Gasteiger partial charge in [-0.25, -0.2) is 9.59 Å². The number of hydrogen-bond acceptors (Lipinski definition) is 7. The molecule has 0 bridgehead atoms. The maximum Gasteiger partial charge on any atom is 0.407 e. The zero-order valence-electron chi connectivity index (χ0n) is 19.9. The van der Waals surface area contributed by atoms with E-state index in [4.69, 9.17) is 9.47 Å². The fourth-order valence-corrected chi connectivity index (χ4v) is 4.01. The van der Waals surface area contributed by atoms with Gasteiger partial charge in [-0.05, 0) is 43.0 Å². The predicted molar refractivity (Wildman–Crippen MR) is 127 cm³/mol. The van der Waals surface area contributed by atoms with E-state index in [9.17, 15) is 24.8 Å². The van der Waals surface area contributed by atoms with Crippen LogP contribution in [0.25, 0.3) is 11.1 Å². The summed E-state index contributed by atoms with van der Waals surface area (Å²) in [5.41, 5.74) is 3.54. The highest BCUT2D eigenvalue weighted by atomic mass is 16.6. The minimum Gasteiger partial charge on any atom is -0.480 e. The third-order valence-electron chi connectivity index (χ3n) is 5.47. The zero-order chi connectivity index (χ0) is 25.6. The Labute approximate surface area is 204 Å². The number of benzene rings is 2. The molecule has 1 aliphatic carbocycles. The van der Waals surface area contributed by atoms with Crippen LogP contribution >= 0.6 is 0 Å². The molecule has 1 amide bonds. The zero-order valence-corrected chi connectivity index (χ0v) is 19.9. The van der Waals surface area contributed by atoms with Crippen molar-refractivity contribution in [3.8, 4) is 17.2 Å². The number of carboxylic acid groups (broad SMARTS) is 1. The Morgan fingerprint density at radius 2 is 1.63 bits per heavy atom. The number of nitriles is 1. The molecular weight excluding hydrogens is 450 g/mol. The van der Waals surface area contributed by atoms with Gasteiger partial charge in [0.1, 0.15) is 18.2 Å². The topological polar surface area (TPSA) is 138 Å². The molecule has 0 aromatic heterocycles.